The molecule has 2 aliphatic heterocycles. The molecule has 0 aromatic heterocycles. The first-order chi connectivity index (χ1) is 12.5. The number of nitrogens with one attached hydrogen (secondary N) is 1. The van der Waals surface area contributed by atoms with E-state index < -0.39 is 34.7 Å². The summed E-state index contributed by atoms with van der Waals surface area (Å²) in [6.45, 7) is 2.54. The smallest absolute Gasteiger partial charge is 0.224 e. The summed E-state index contributed by atoms with van der Waals surface area (Å²) >= 11 is 0. The molecule has 142 valence electrons. The number of carbonyl (C=O) groups excluding carboxylic acids is 2. The minimum atomic E-state index is -1.19. The molecule has 0 radical (unpaired) electrons. The van der Waals surface area contributed by atoms with Gasteiger partial charge in [-0.1, -0.05) is 0 Å². The van der Waals surface area contributed by atoms with Crippen LogP contribution in [0.2, 0.25) is 0 Å². The van der Waals surface area contributed by atoms with Gasteiger partial charge >= 0.3 is 0 Å². The average Bonchev–Trinajstić information content (AvgIpc) is 2.61. The van der Waals surface area contributed by atoms with E-state index in [-0.39, 0.29) is 11.9 Å². The summed E-state index contributed by atoms with van der Waals surface area (Å²) in [5, 5.41) is 3.21. The predicted octanol–water partition coefficient (Wildman–Crippen LogP) is 1.90. The van der Waals surface area contributed by atoms with Crippen molar-refractivity contribution < 1.29 is 27.5 Å². The first kappa shape index (κ1) is 18.8. The first-order valence-corrected chi connectivity index (χ1v) is 8.73. The zero-order valence-corrected chi connectivity index (χ0v) is 14.3. The molecule has 1 N–H and O–H groups in total. The normalized spacial score (nSPS) is 21.7. The van der Waals surface area contributed by atoms with E-state index in [4.69, 9.17) is 4.74 Å². The van der Waals surface area contributed by atoms with Crippen molar-refractivity contribution in [1.82, 2.24) is 10.2 Å². The Kier molecular flexibility index (Phi) is 5.93. The van der Waals surface area contributed by atoms with Gasteiger partial charge in [-0.2, -0.15) is 0 Å². The Morgan fingerprint density at radius 3 is 2.38 bits per heavy atom. The summed E-state index contributed by atoms with van der Waals surface area (Å²) in [6.07, 6.45) is 0.977. The molecule has 0 aliphatic carbocycles. The average molecular weight is 370 g/mol. The van der Waals surface area contributed by atoms with E-state index >= 15 is 0 Å². The lowest BCUT2D eigenvalue weighted by Gasteiger charge is -2.33. The molecule has 2 fully saturated rings. The number of Topliss-reactive ketones (excluding diaryl/α,β-unsaturated/α-hetero) is 1. The number of nitrogens with zero attached hydrogens (tertiary/aromatic N) is 1. The fourth-order valence-corrected chi connectivity index (χ4v) is 3.46. The number of carbonyl (C=O) groups is 2. The number of morpholine rings is 1. The summed E-state index contributed by atoms with van der Waals surface area (Å²) < 4.78 is 45.9. The van der Waals surface area contributed by atoms with E-state index in [0.717, 1.165) is 0 Å². The maximum Gasteiger partial charge on any atom is 0.224 e. The van der Waals surface area contributed by atoms with Crippen molar-refractivity contribution in [3.8, 4) is 0 Å². The molecule has 1 unspecified atom stereocenters. The Bertz CT molecular complexity index is 661. The zero-order valence-electron chi connectivity index (χ0n) is 14.3. The molecule has 0 bridgehead atoms. The Balaban J connectivity index is 1.56. The van der Waals surface area contributed by atoms with Crippen LogP contribution in [0.4, 0.5) is 13.2 Å². The van der Waals surface area contributed by atoms with Crippen LogP contribution in [-0.2, 0) is 9.53 Å². The van der Waals surface area contributed by atoms with Gasteiger partial charge in [0.2, 0.25) is 5.91 Å². The second kappa shape index (κ2) is 8.18. The number of hydrogen-bond donors (Lipinski definition) is 1. The number of likely N-dealkylation sites (tertiary alicyclic amines) is 1. The van der Waals surface area contributed by atoms with Gasteiger partial charge in [-0.3, -0.25) is 9.59 Å². The van der Waals surface area contributed by atoms with Gasteiger partial charge in [0.1, 0.15) is 17.5 Å². The molecular weight excluding hydrogens is 349 g/mol. The fraction of sp³-hybridized carbons (Fsp3) is 0.556. The van der Waals surface area contributed by atoms with Crippen molar-refractivity contribution in [2.24, 2.45) is 5.92 Å². The van der Waals surface area contributed by atoms with E-state index in [1.54, 1.807) is 4.90 Å². The third-order valence-corrected chi connectivity index (χ3v) is 4.89. The summed E-state index contributed by atoms with van der Waals surface area (Å²) in [4.78, 5) is 26.4. The van der Waals surface area contributed by atoms with Gasteiger partial charge in [-0.15, -0.1) is 0 Å². The Morgan fingerprint density at radius 2 is 1.81 bits per heavy atom. The molecule has 2 aliphatic rings. The third-order valence-electron chi connectivity index (χ3n) is 4.89. The van der Waals surface area contributed by atoms with Crippen LogP contribution in [-0.4, -0.2) is 55.5 Å². The topological polar surface area (TPSA) is 58.6 Å². The van der Waals surface area contributed by atoms with Crippen LogP contribution in [0.1, 0.15) is 29.6 Å². The molecule has 1 aromatic carbocycles. The molecule has 1 aromatic rings. The number of amides is 1. The van der Waals surface area contributed by atoms with Gasteiger partial charge in [0.15, 0.2) is 5.78 Å². The molecule has 5 nitrogen and oxygen atoms in total. The molecule has 2 heterocycles. The van der Waals surface area contributed by atoms with Crippen LogP contribution < -0.4 is 5.32 Å². The molecule has 3 rings (SSSR count). The number of benzene rings is 1. The number of ether oxygens (including phenoxy) is 1. The maximum atomic E-state index is 13.8. The highest BCUT2D eigenvalue weighted by atomic mass is 19.1. The Labute approximate surface area is 149 Å². The molecule has 1 atom stereocenters. The highest BCUT2D eigenvalue weighted by Crippen LogP contribution is 2.25. The van der Waals surface area contributed by atoms with Crippen molar-refractivity contribution >= 4 is 11.7 Å². The van der Waals surface area contributed by atoms with E-state index in [0.29, 0.717) is 64.2 Å². The first-order valence-electron chi connectivity index (χ1n) is 8.73. The molecule has 0 saturated carbocycles. The van der Waals surface area contributed by atoms with Crippen LogP contribution in [0.15, 0.2) is 12.1 Å². The highest BCUT2D eigenvalue weighted by Gasteiger charge is 2.32. The Morgan fingerprint density at radius 1 is 1.15 bits per heavy atom. The van der Waals surface area contributed by atoms with Crippen LogP contribution in [0.25, 0.3) is 0 Å². The van der Waals surface area contributed by atoms with Gasteiger partial charge < -0.3 is 15.0 Å². The number of piperidine rings is 1. The number of rotatable bonds is 4. The summed E-state index contributed by atoms with van der Waals surface area (Å²) in [5.41, 5.74) is -0.695. The third kappa shape index (κ3) is 4.24. The van der Waals surface area contributed by atoms with E-state index in [1.807, 2.05) is 0 Å². The largest absolute Gasteiger partial charge is 0.378 e. The lowest BCUT2D eigenvalue weighted by molar-refractivity contribution is -0.133. The van der Waals surface area contributed by atoms with Gasteiger partial charge in [0.05, 0.1) is 18.8 Å². The molecule has 0 spiro atoms. The van der Waals surface area contributed by atoms with Gasteiger partial charge in [-0.25, -0.2) is 13.2 Å². The minimum absolute atomic E-state index is 0.0157. The van der Waals surface area contributed by atoms with Crippen LogP contribution in [0, 0.1) is 23.4 Å². The quantitative estimate of drug-likeness (QED) is 0.823. The molecule has 2 saturated heterocycles. The SMILES string of the molecule is O=C(c1c(F)cc(F)cc1F)C1CCN(C(=O)CC2COCCN2)CC1. The van der Waals surface area contributed by atoms with E-state index in [2.05, 4.69) is 5.32 Å². The number of ketones is 1. The van der Waals surface area contributed by atoms with E-state index in [1.165, 1.54) is 0 Å². The van der Waals surface area contributed by atoms with E-state index in [9.17, 15) is 22.8 Å². The molecule has 26 heavy (non-hydrogen) atoms. The van der Waals surface area contributed by atoms with Gasteiger partial charge in [0.25, 0.3) is 0 Å². The summed E-state index contributed by atoms with van der Waals surface area (Å²) in [6, 6.07) is 1.00. The van der Waals surface area contributed by atoms with Crippen molar-refractivity contribution in [3.05, 3.63) is 35.1 Å². The van der Waals surface area contributed by atoms with Crippen LogP contribution in [0.5, 0.6) is 0 Å². The maximum absolute atomic E-state index is 13.8. The lowest BCUT2D eigenvalue weighted by Crippen LogP contribution is -2.47. The standard InChI is InChI=1S/C18H21F3N2O3/c19-12-7-14(20)17(15(21)8-12)18(25)11-1-4-23(5-2-11)16(24)9-13-10-26-6-3-22-13/h7-8,11,13,22H,1-6,9-10H2. The predicted molar refractivity (Wildman–Crippen MR) is 87.2 cm³/mol. The van der Waals surface area contributed by atoms with Crippen molar-refractivity contribution in [2.45, 2.75) is 25.3 Å². The number of halogens is 3. The molecule has 1 amide bonds. The highest BCUT2D eigenvalue weighted by molar-refractivity contribution is 5.98. The number of hydrogen-bond acceptors (Lipinski definition) is 4. The van der Waals surface area contributed by atoms with Crippen molar-refractivity contribution in [2.75, 3.05) is 32.8 Å². The monoisotopic (exact) mass is 370 g/mol. The lowest BCUT2D eigenvalue weighted by atomic mass is 9.88. The summed E-state index contributed by atoms with van der Waals surface area (Å²) in [5.74, 6) is -4.71. The van der Waals surface area contributed by atoms with Crippen molar-refractivity contribution in [1.29, 1.82) is 0 Å². The second-order valence-corrected chi connectivity index (χ2v) is 6.69. The second-order valence-electron chi connectivity index (χ2n) is 6.69. The van der Waals surface area contributed by atoms with Gasteiger partial charge in [0, 0.05) is 50.1 Å². The fourth-order valence-electron chi connectivity index (χ4n) is 3.46. The summed E-state index contributed by atoms with van der Waals surface area (Å²) in [7, 11) is 0. The molecule has 8 heteroatoms. The van der Waals surface area contributed by atoms with Crippen molar-refractivity contribution in [3.63, 3.8) is 0 Å². The van der Waals surface area contributed by atoms with Crippen LogP contribution >= 0.6 is 0 Å². The zero-order chi connectivity index (χ0) is 18.7. The van der Waals surface area contributed by atoms with Gasteiger partial charge in [-0.05, 0) is 12.8 Å². The van der Waals surface area contributed by atoms with Crippen LogP contribution in [0.3, 0.4) is 0 Å². The Hall–Kier alpha value is -1.93. The molecular formula is C18H21F3N2O3. The minimum Gasteiger partial charge on any atom is -0.378 e.